The summed E-state index contributed by atoms with van der Waals surface area (Å²) < 4.78 is 16.4. The van der Waals surface area contributed by atoms with Crippen molar-refractivity contribution in [3.63, 3.8) is 0 Å². The molecule has 1 amide bonds. The van der Waals surface area contributed by atoms with E-state index in [1.54, 1.807) is 7.11 Å². The van der Waals surface area contributed by atoms with E-state index in [0.717, 1.165) is 37.4 Å². The van der Waals surface area contributed by atoms with Gasteiger partial charge in [-0.2, -0.15) is 0 Å². The minimum absolute atomic E-state index is 0.0606. The highest BCUT2D eigenvalue weighted by molar-refractivity contribution is 5.78. The van der Waals surface area contributed by atoms with Gasteiger partial charge < -0.3 is 24.0 Å². The van der Waals surface area contributed by atoms with Gasteiger partial charge in [-0.25, -0.2) is 0 Å². The van der Waals surface area contributed by atoms with Gasteiger partial charge >= 0.3 is 0 Å². The first-order valence-electron chi connectivity index (χ1n) is 9.38. The number of carbonyl (C=O) groups excluding carboxylic acids is 1. The quantitative estimate of drug-likeness (QED) is 0.777. The van der Waals surface area contributed by atoms with Crippen molar-refractivity contribution in [1.82, 2.24) is 4.90 Å². The Labute approximate surface area is 156 Å². The SMILES string of the molecule is COc1ccc(N2CCN(C(=O)COCC3CCCO3)CC2(C)C)cc1. The molecule has 0 saturated carbocycles. The zero-order chi connectivity index (χ0) is 18.6. The monoisotopic (exact) mass is 362 g/mol. The average Bonchev–Trinajstić information content (AvgIpc) is 3.14. The van der Waals surface area contributed by atoms with Crippen LogP contribution in [-0.4, -0.2) is 69.0 Å². The number of anilines is 1. The van der Waals surface area contributed by atoms with Gasteiger partial charge in [0.2, 0.25) is 5.91 Å². The number of nitrogens with zero attached hydrogens (tertiary/aromatic N) is 2. The molecule has 0 radical (unpaired) electrons. The van der Waals surface area contributed by atoms with Gasteiger partial charge in [-0.05, 0) is 51.0 Å². The Balaban J connectivity index is 1.52. The number of carbonyl (C=O) groups is 1. The molecule has 6 heteroatoms. The maximum atomic E-state index is 12.5. The molecule has 1 aromatic carbocycles. The predicted octanol–water partition coefficient (Wildman–Crippen LogP) is 2.32. The molecule has 0 aromatic heterocycles. The topological polar surface area (TPSA) is 51.2 Å². The summed E-state index contributed by atoms with van der Waals surface area (Å²) in [6.07, 6.45) is 2.27. The minimum Gasteiger partial charge on any atom is -0.497 e. The summed E-state index contributed by atoms with van der Waals surface area (Å²) in [4.78, 5) is 16.8. The molecule has 1 aromatic rings. The number of hydrogen-bond acceptors (Lipinski definition) is 5. The molecular weight excluding hydrogens is 332 g/mol. The van der Waals surface area contributed by atoms with Gasteiger partial charge in [-0.15, -0.1) is 0 Å². The van der Waals surface area contributed by atoms with Crippen LogP contribution in [-0.2, 0) is 14.3 Å². The fraction of sp³-hybridized carbons (Fsp3) is 0.650. The molecule has 2 saturated heterocycles. The number of benzene rings is 1. The Morgan fingerprint density at radius 3 is 2.65 bits per heavy atom. The molecule has 144 valence electrons. The lowest BCUT2D eigenvalue weighted by Gasteiger charge is -2.48. The standard InChI is InChI=1S/C20H30N2O4/c1-20(2)15-21(19(23)14-25-13-18-5-4-12-26-18)10-11-22(20)16-6-8-17(24-3)9-7-16/h6-9,18H,4-5,10-15H2,1-3H3. The molecule has 3 rings (SSSR count). The molecule has 1 atom stereocenters. The predicted molar refractivity (Wildman–Crippen MR) is 101 cm³/mol. The van der Waals surface area contributed by atoms with Crippen molar-refractivity contribution in [1.29, 1.82) is 0 Å². The van der Waals surface area contributed by atoms with Crippen LogP contribution in [0.4, 0.5) is 5.69 Å². The molecule has 2 heterocycles. The molecule has 2 fully saturated rings. The van der Waals surface area contributed by atoms with Crippen LogP contribution in [0.25, 0.3) is 0 Å². The highest BCUT2D eigenvalue weighted by atomic mass is 16.5. The third-order valence-corrected chi connectivity index (χ3v) is 5.19. The Morgan fingerprint density at radius 2 is 2.04 bits per heavy atom. The summed E-state index contributed by atoms with van der Waals surface area (Å²) in [6, 6.07) is 8.09. The molecule has 26 heavy (non-hydrogen) atoms. The number of methoxy groups -OCH3 is 1. The highest BCUT2D eigenvalue weighted by Gasteiger charge is 2.35. The van der Waals surface area contributed by atoms with Crippen molar-refractivity contribution >= 4 is 11.6 Å². The second-order valence-corrected chi connectivity index (χ2v) is 7.63. The summed E-state index contributed by atoms with van der Waals surface area (Å²) >= 11 is 0. The van der Waals surface area contributed by atoms with Gasteiger partial charge in [0.25, 0.3) is 0 Å². The van der Waals surface area contributed by atoms with Crippen molar-refractivity contribution in [3.8, 4) is 5.75 Å². The van der Waals surface area contributed by atoms with Crippen LogP contribution in [0, 0.1) is 0 Å². The average molecular weight is 362 g/mol. The lowest BCUT2D eigenvalue weighted by molar-refractivity contribution is -0.138. The van der Waals surface area contributed by atoms with Crippen LogP contribution in [0.1, 0.15) is 26.7 Å². The van der Waals surface area contributed by atoms with Gasteiger partial charge in [-0.1, -0.05) is 0 Å². The molecule has 1 unspecified atom stereocenters. The van der Waals surface area contributed by atoms with E-state index in [4.69, 9.17) is 14.2 Å². The lowest BCUT2D eigenvalue weighted by Crippen LogP contribution is -2.61. The zero-order valence-corrected chi connectivity index (χ0v) is 16.1. The minimum atomic E-state index is -0.142. The van der Waals surface area contributed by atoms with Crippen LogP contribution in [0.3, 0.4) is 0 Å². The van der Waals surface area contributed by atoms with E-state index in [-0.39, 0.29) is 24.2 Å². The number of rotatable bonds is 6. The normalized spacial score (nSPS) is 22.5. The van der Waals surface area contributed by atoms with Crippen molar-refractivity contribution in [2.24, 2.45) is 0 Å². The fourth-order valence-electron chi connectivity index (χ4n) is 3.75. The Hall–Kier alpha value is -1.79. The molecular formula is C20H30N2O4. The van der Waals surface area contributed by atoms with Crippen LogP contribution >= 0.6 is 0 Å². The van der Waals surface area contributed by atoms with Gasteiger partial charge in [0.15, 0.2) is 0 Å². The number of ether oxygens (including phenoxy) is 3. The first kappa shape index (κ1) is 19.0. The molecule has 0 bridgehead atoms. The van der Waals surface area contributed by atoms with Crippen molar-refractivity contribution in [3.05, 3.63) is 24.3 Å². The van der Waals surface area contributed by atoms with Gasteiger partial charge in [0.05, 0.1) is 25.4 Å². The molecule has 2 aliphatic heterocycles. The molecule has 0 aliphatic carbocycles. The number of piperazine rings is 1. The van der Waals surface area contributed by atoms with Gasteiger partial charge in [0, 0.05) is 31.9 Å². The van der Waals surface area contributed by atoms with E-state index in [9.17, 15) is 4.79 Å². The summed E-state index contributed by atoms with van der Waals surface area (Å²) in [5.41, 5.74) is 1.01. The maximum absolute atomic E-state index is 12.5. The van der Waals surface area contributed by atoms with E-state index in [1.807, 2.05) is 17.0 Å². The maximum Gasteiger partial charge on any atom is 0.248 e. The first-order valence-corrected chi connectivity index (χ1v) is 9.38. The second-order valence-electron chi connectivity index (χ2n) is 7.63. The van der Waals surface area contributed by atoms with Crippen LogP contribution in [0.5, 0.6) is 5.75 Å². The lowest BCUT2D eigenvalue weighted by atomic mass is 9.97. The molecule has 2 aliphatic rings. The van der Waals surface area contributed by atoms with E-state index in [2.05, 4.69) is 30.9 Å². The van der Waals surface area contributed by atoms with E-state index in [1.165, 1.54) is 0 Å². The Morgan fingerprint density at radius 1 is 1.27 bits per heavy atom. The summed E-state index contributed by atoms with van der Waals surface area (Å²) in [6.45, 7) is 7.99. The van der Waals surface area contributed by atoms with E-state index in [0.29, 0.717) is 19.7 Å². The summed E-state index contributed by atoms with van der Waals surface area (Å²) in [5, 5.41) is 0. The van der Waals surface area contributed by atoms with Crippen molar-refractivity contribution < 1.29 is 19.0 Å². The van der Waals surface area contributed by atoms with Crippen molar-refractivity contribution in [2.75, 3.05) is 51.5 Å². The third-order valence-electron chi connectivity index (χ3n) is 5.19. The first-order chi connectivity index (χ1) is 12.5. The number of amides is 1. The summed E-state index contributed by atoms with van der Waals surface area (Å²) in [7, 11) is 1.67. The van der Waals surface area contributed by atoms with Gasteiger partial charge in [-0.3, -0.25) is 4.79 Å². The van der Waals surface area contributed by atoms with Crippen molar-refractivity contribution in [2.45, 2.75) is 38.3 Å². The van der Waals surface area contributed by atoms with Crippen LogP contribution in [0.15, 0.2) is 24.3 Å². The van der Waals surface area contributed by atoms with Crippen LogP contribution < -0.4 is 9.64 Å². The van der Waals surface area contributed by atoms with E-state index >= 15 is 0 Å². The Bertz CT molecular complexity index is 596. The molecule has 6 nitrogen and oxygen atoms in total. The van der Waals surface area contributed by atoms with Crippen LogP contribution in [0.2, 0.25) is 0 Å². The largest absolute Gasteiger partial charge is 0.497 e. The number of hydrogen-bond donors (Lipinski definition) is 0. The summed E-state index contributed by atoms with van der Waals surface area (Å²) in [5.74, 6) is 0.911. The zero-order valence-electron chi connectivity index (χ0n) is 16.1. The second kappa shape index (κ2) is 8.27. The van der Waals surface area contributed by atoms with E-state index < -0.39 is 0 Å². The third kappa shape index (κ3) is 4.48. The molecule has 0 N–H and O–H groups in total. The smallest absolute Gasteiger partial charge is 0.248 e. The fourth-order valence-corrected chi connectivity index (χ4v) is 3.75. The highest BCUT2D eigenvalue weighted by Crippen LogP contribution is 2.29. The Kier molecular flexibility index (Phi) is 6.04. The van der Waals surface area contributed by atoms with Gasteiger partial charge in [0.1, 0.15) is 12.4 Å². The molecule has 0 spiro atoms.